The molecule has 1 N–H and O–H groups in total. The normalized spacial score (nSPS) is 10.3. The van der Waals surface area contributed by atoms with E-state index < -0.39 is 5.97 Å². The van der Waals surface area contributed by atoms with Crippen molar-refractivity contribution in [2.24, 2.45) is 0 Å². The molecule has 0 radical (unpaired) electrons. The van der Waals surface area contributed by atoms with Crippen LogP contribution in [0.5, 0.6) is 11.5 Å². The first-order valence-electron chi connectivity index (χ1n) is 8.30. The fourth-order valence-electron chi connectivity index (χ4n) is 2.69. The summed E-state index contributed by atoms with van der Waals surface area (Å²) in [6.45, 7) is 0.197. The number of aromatic hydroxyl groups is 1. The molecule has 0 aromatic heterocycles. The van der Waals surface area contributed by atoms with Gasteiger partial charge in [-0.3, -0.25) is 4.79 Å². The molecule has 5 heteroatoms. The van der Waals surface area contributed by atoms with Crippen LogP contribution in [-0.2, 0) is 11.3 Å². The SMILES string of the molecule is COc1cc(C=O)c(-c2ccc(C(=O)OCc3ccccc3)cc2)cc1O. The van der Waals surface area contributed by atoms with Crippen LogP contribution in [0.15, 0.2) is 66.7 Å². The van der Waals surface area contributed by atoms with Crippen LogP contribution in [0.25, 0.3) is 11.1 Å². The molecule has 0 unspecified atom stereocenters. The van der Waals surface area contributed by atoms with E-state index >= 15 is 0 Å². The second-order valence-corrected chi connectivity index (χ2v) is 5.87. The number of phenolic OH excluding ortho intramolecular Hbond substituents is 1. The Morgan fingerprint density at radius 1 is 1.04 bits per heavy atom. The molecular formula is C22H18O5. The molecule has 0 heterocycles. The summed E-state index contributed by atoms with van der Waals surface area (Å²) in [7, 11) is 1.42. The molecule has 136 valence electrons. The molecule has 0 fully saturated rings. The van der Waals surface area contributed by atoms with Crippen molar-refractivity contribution in [2.45, 2.75) is 6.61 Å². The van der Waals surface area contributed by atoms with Crippen LogP contribution in [0.3, 0.4) is 0 Å². The van der Waals surface area contributed by atoms with Gasteiger partial charge in [-0.15, -0.1) is 0 Å². The van der Waals surface area contributed by atoms with Gasteiger partial charge in [-0.1, -0.05) is 42.5 Å². The number of aldehydes is 1. The summed E-state index contributed by atoms with van der Waals surface area (Å²) in [6.07, 6.45) is 0.694. The number of carbonyl (C=O) groups is 2. The van der Waals surface area contributed by atoms with Gasteiger partial charge in [-0.2, -0.15) is 0 Å². The summed E-state index contributed by atoms with van der Waals surface area (Å²) in [5.74, 6) is -0.273. The third-order valence-electron chi connectivity index (χ3n) is 4.12. The van der Waals surface area contributed by atoms with E-state index in [1.54, 1.807) is 24.3 Å². The second-order valence-electron chi connectivity index (χ2n) is 5.87. The molecule has 0 aliphatic heterocycles. The molecule has 0 saturated heterocycles. The van der Waals surface area contributed by atoms with Crippen molar-refractivity contribution >= 4 is 12.3 Å². The smallest absolute Gasteiger partial charge is 0.338 e. The van der Waals surface area contributed by atoms with Gasteiger partial charge in [0.1, 0.15) is 6.61 Å². The number of esters is 1. The van der Waals surface area contributed by atoms with Crippen molar-refractivity contribution in [1.82, 2.24) is 0 Å². The average Bonchev–Trinajstić information content (AvgIpc) is 2.72. The highest BCUT2D eigenvalue weighted by Gasteiger charge is 2.13. The zero-order chi connectivity index (χ0) is 19.2. The molecule has 0 atom stereocenters. The number of ether oxygens (including phenoxy) is 2. The standard InChI is InChI=1S/C22H18O5/c1-26-21-11-18(13-23)19(12-20(21)24)16-7-9-17(10-8-16)22(25)27-14-15-5-3-2-4-6-15/h2-13,24H,14H2,1H3. The average molecular weight is 362 g/mol. The fraction of sp³-hybridized carbons (Fsp3) is 0.0909. The maximum Gasteiger partial charge on any atom is 0.338 e. The van der Waals surface area contributed by atoms with E-state index in [9.17, 15) is 14.7 Å². The largest absolute Gasteiger partial charge is 0.504 e. The van der Waals surface area contributed by atoms with Crippen molar-refractivity contribution in [2.75, 3.05) is 7.11 Å². The number of hydrogen-bond donors (Lipinski definition) is 1. The highest BCUT2D eigenvalue weighted by molar-refractivity contribution is 5.92. The van der Waals surface area contributed by atoms with Gasteiger partial charge in [0.25, 0.3) is 0 Å². The van der Waals surface area contributed by atoms with Crippen LogP contribution in [0.2, 0.25) is 0 Å². The van der Waals surface area contributed by atoms with E-state index in [2.05, 4.69) is 0 Å². The van der Waals surface area contributed by atoms with E-state index in [0.29, 0.717) is 28.5 Å². The Hall–Kier alpha value is -3.60. The number of carbonyl (C=O) groups excluding carboxylic acids is 2. The Kier molecular flexibility index (Phi) is 5.52. The van der Waals surface area contributed by atoms with Crippen LogP contribution >= 0.6 is 0 Å². The first kappa shape index (κ1) is 18.2. The monoisotopic (exact) mass is 362 g/mol. The molecule has 0 bridgehead atoms. The summed E-state index contributed by atoms with van der Waals surface area (Å²) in [4.78, 5) is 23.6. The van der Waals surface area contributed by atoms with Crippen LogP contribution in [0, 0.1) is 0 Å². The van der Waals surface area contributed by atoms with Gasteiger partial charge < -0.3 is 14.6 Å². The number of phenols is 1. The Bertz CT molecular complexity index is 946. The number of methoxy groups -OCH3 is 1. The lowest BCUT2D eigenvalue weighted by molar-refractivity contribution is 0.0472. The first-order valence-corrected chi connectivity index (χ1v) is 8.30. The highest BCUT2D eigenvalue weighted by atomic mass is 16.5. The van der Waals surface area contributed by atoms with E-state index in [1.165, 1.54) is 19.2 Å². The van der Waals surface area contributed by atoms with Gasteiger partial charge >= 0.3 is 5.97 Å². The molecule has 0 amide bonds. The maximum absolute atomic E-state index is 12.2. The fourth-order valence-corrected chi connectivity index (χ4v) is 2.69. The minimum absolute atomic E-state index is 0.0653. The lowest BCUT2D eigenvalue weighted by atomic mass is 9.98. The van der Waals surface area contributed by atoms with Crippen molar-refractivity contribution in [3.63, 3.8) is 0 Å². The lowest BCUT2D eigenvalue weighted by Crippen LogP contribution is -2.05. The molecule has 3 rings (SSSR count). The molecule has 27 heavy (non-hydrogen) atoms. The van der Waals surface area contributed by atoms with Crippen molar-refractivity contribution < 1.29 is 24.2 Å². The van der Waals surface area contributed by atoms with Gasteiger partial charge in [0, 0.05) is 5.56 Å². The first-order chi connectivity index (χ1) is 13.1. The number of hydrogen-bond acceptors (Lipinski definition) is 5. The number of rotatable bonds is 6. The highest BCUT2D eigenvalue weighted by Crippen LogP contribution is 2.34. The second kappa shape index (κ2) is 8.19. The van der Waals surface area contributed by atoms with Gasteiger partial charge in [0.05, 0.1) is 12.7 Å². The van der Waals surface area contributed by atoms with Crippen LogP contribution in [-0.4, -0.2) is 24.5 Å². The zero-order valence-corrected chi connectivity index (χ0v) is 14.7. The van der Waals surface area contributed by atoms with Crippen LogP contribution in [0.4, 0.5) is 0 Å². The summed E-state index contributed by atoms with van der Waals surface area (Å²) in [6, 6.07) is 19.0. The van der Waals surface area contributed by atoms with Crippen LogP contribution in [0.1, 0.15) is 26.3 Å². The Balaban J connectivity index is 1.78. The van der Waals surface area contributed by atoms with E-state index in [0.717, 1.165) is 5.56 Å². The molecular weight excluding hydrogens is 344 g/mol. The summed E-state index contributed by atoms with van der Waals surface area (Å²) >= 11 is 0. The van der Waals surface area contributed by atoms with Crippen LogP contribution < -0.4 is 4.74 Å². The molecule has 0 aliphatic rings. The predicted molar refractivity (Wildman–Crippen MR) is 101 cm³/mol. The van der Waals surface area contributed by atoms with Crippen molar-refractivity contribution in [3.05, 3.63) is 83.4 Å². The Morgan fingerprint density at radius 3 is 2.37 bits per heavy atom. The summed E-state index contributed by atoms with van der Waals surface area (Å²) in [5.41, 5.74) is 2.93. The maximum atomic E-state index is 12.2. The van der Waals surface area contributed by atoms with Gasteiger partial charge in [-0.05, 0) is 41.0 Å². The third-order valence-corrected chi connectivity index (χ3v) is 4.12. The molecule has 5 nitrogen and oxygen atoms in total. The zero-order valence-electron chi connectivity index (χ0n) is 14.7. The van der Waals surface area contributed by atoms with Crippen molar-refractivity contribution in [1.29, 1.82) is 0 Å². The topological polar surface area (TPSA) is 72.8 Å². The Labute approximate surface area is 156 Å². The van der Waals surface area contributed by atoms with E-state index in [4.69, 9.17) is 9.47 Å². The summed E-state index contributed by atoms with van der Waals surface area (Å²) < 4.78 is 10.3. The molecule has 0 aliphatic carbocycles. The van der Waals surface area contributed by atoms with E-state index in [1.807, 2.05) is 30.3 Å². The molecule has 3 aromatic rings. The quantitative estimate of drug-likeness (QED) is 0.525. The minimum Gasteiger partial charge on any atom is -0.504 e. The molecule has 0 saturated carbocycles. The minimum atomic E-state index is -0.432. The summed E-state index contributed by atoms with van der Waals surface area (Å²) in [5, 5.41) is 9.98. The molecule has 0 spiro atoms. The van der Waals surface area contributed by atoms with Gasteiger partial charge in [0.15, 0.2) is 17.8 Å². The predicted octanol–water partition coefficient (Wildman–Crippen LogP) is 4.24. The third kappa shape index (κ3) is 4.15. The number of benzene rings is 3. The van der Waals surface area contributed by atoms with Gasteiger partial charge in [-0.25, -0.2) is 4.79 Å². The van der Waals surface area contributed by atoms with Crippen molar-refractivity contribution in [3.8, 4) is 22.6 Å². The van der Waals surface area contributed by atoms with Gasteiger partial charge in [0.2, 0.25) is 0 Å². The molecule has 3 aromatic carbocycles. The Morgan fingerprint density at radius 2 is 1.74 bits per heavy atom. The lowest BCUT2D eigenvalue weighted by Gasteiger charge is -2.10. The van der Waals surface area contributed by atoms with E-state index in [-0.39, 0.29) is 18.1 Å².